The van der Waals surface area contributed by atoms with E-state index in [2.05, 4.69) is 40.7 Å². The molecule has 148 valence electrons. The van der Waals surface area contributed by atoms with Crippen molar-refractivity contribution in [3.63, 3.8) is 0 Å². The first-order chi connectivity index (χ1) is 14.7. The second-order valence-electron chi connectivity index (χ2n) is 7.04. The SMILES string of the molecule is CNC(C(=O)O)c1cc(-c2ccccc2)c2cc(/C=C/c3ccccc3)ccc2n1. The molecule has 0 saturated carbocycles. The molecule has 4 aromatic rings. The summed E-state index contributed by atoms with van der Waals surface area (Å²) in [4.78, 5) is 16.3. The number of carbonyl (C=O) groups is 1. The van der Waals surface area contributed by atoms with Gasteiger partial charge in [0.1, 0.15) is 6.04 Å². The number of aromatic nitrogens is 1. The highest BCUT2D eigenvalue weighted by Gasteiger charge is 2.21. The van der Waals surface area contributed by atoms with Gasteiger partial charge in [0.05, 0.1) is 11.2 Å². The Kier molecular flexibility index (Phi) is 5.68. The van der Waals surface area contributed by atoms with Gasteiger partial charge in [-0.05, 0) is 47.5 Å². The van der Waals surface area contributed by atoms with E-state index in [1.807, 2.05) is 66.7 Å². The van der Waals surface area contributed by atoms with Crippen molar-refractivity contribution in [3.05, 3.63) is 102 Å². The third kappa shape index (κ3) is 4.14. The lowest BCUT2D eigenvalue weighted by Gasteiger charge is -2.15. The molecule has 0 aliphatic heterocycles. The quantitative estimate of drug-likeness (QED) is 0.429. The summed E-state index contributed by atoms with van der Waals surface area (Å²) >= 11 is 0. The van der Waals surface area contributed by atoms with Crippen LogP contribution in [0.15, 0.2) is 84.9 Å². The van der Waals surface area contributed by atoms with Gasteiger partial charge in [0.25, 0.3) is 0 Å². The van der Waals surface area contributed by atoms with E-state index in [1.165, 1.54) is 0 Å². The van der Waals surface area contributed by atoms with Crippen molar-refractivity contribution in [2.75, 3.05) is 7.05 Å². The number of hydrogen-bond donors (Lipinski definition) is 2. The fourth-order valence-electron chi connectivity index (χ4n) is 3.53. The van der Waals surface area contributed by atoms with Gasteiger partial charge in [-0.3, -0.25) is 9.78 Å². The van der Waals surface area contributed by atoms with Crippen molar-refractivity contribution >= 4 is 29.0 Å². The molecule has 0 aliphatic rings. The van der Waals surface area contributed by atoms with E-state index in [1.54, 1.807) is 7.05 Å². The fraction of sp³-hybridized carbons (Fsp3) is 0.0769. The monoisotopic (exact) mass is 394 g/mol. The lowest BCUT2D eigenvalue weighted by Crippen LogP contribution is -2.26. The zero-order chi connectivity index (χ0) is 20.9. The molecular formula is C26H22N2O2. The highest BCUT2D eigenvalue weighted by molar-refractivity contribution is 5.97. The number of pyridine rings is 1. The van der Waals surface area contributed by atoms with Crippen LogP contribution in [0.2, 0.25) is 0 Å². The lowest BCUT2D eigenvalue weighted by atomic mass is 9.97. The van der Waals surface area contributed by atoms with Crippen molar-refractivity contribution in [1.82, 2.24) is 10.3 Å². The Morgan fingerprint density at radius 1 is 0.900 bits per heavy atom. The molecule has 4 rings (SSSR count). The molecule has 0 aliphatic carbocycles. The van der Waals surface area contributed by atoms with E-state index in [0.29, 0.717) is 5.69 Å². The number of nitrogens with one attached hydrogen (secondary N) is 1. The molecule has 1 atom stereocenters. The summed E-state index contributed by atoms with van der Waals surface area (Å²) in [6.45, 7) is 0. The zero-order valence-electron chi connectivity index (χ0n) is 16.6. The van der Waals surface area contributed by atoms with E-state index >= 15 is 0 Å². The van der Waals surface area contributed by atoms with Gasteiger partial charge < -0.3 is 10.4 Å². The molecule has 0 amide bonds. The van der Waals surface area contributed by atoms with Gasteiger partial charge in [-0.25, -0.2) is 0 Å². The first kappa shape index (κ1) is 19.6. The van der Waals surface area contributed by atoms with Crippen LogP contribution in [0.5, 0.6) is 0 Å². The number of nitrogens with zero attached hydrogens (tertiary/aromatic N) is 1. The van der Waals surface area contributed by atoms with Crippen molar-refractivity contribution in [2.45, 2.75) is 6.04 Å². The van der Waals surface area contributed by atoms with Crippen molar-refractivity contribution in [2.24, 2.45) is 0 Å². The van der Waals surface area contributed by atoms with E-state index in [9.17, 15) is 9.90 Å². The molecule has 1 unspecified atom stereocenters. The van der Waals surface area contributed by atoms with Crippen LogP contribution in [0, 0.1) is 0 Å². The molecule has 2 N–H and O–H groups in total. The summed E-state index contributed by atoms with van der Waals surface area (Å²) in [5.74, 6) is -0.953. The van der Waals surface area contributed by atoms with Crippen LogP contribution in [0.3, 0.4) is 0 Å². The minimum Gasteiger partial charge on any atom is -0.480 e. The molecule has 0 radical (unpaired) electrons. The summed E-state index contributed by atoms with van der Waals surface area (Å²) in [7, 11) is 1.63. The summed E-state index contributed by atoms with van der Waals surface area (Å²) in [6.07, 6.45) is 4.15. The minimum atomic E-state index is -0.953. The van der Waals surface area contributed by atoms with E-state index < -0.39 is 12.0 Å². The minimum absolute atomic E-state index is 0.490. The highest BCUT2D eigenvalue weighted by atomic mass is 16.4. The predicted octanol–water partition coefficient (Wildman–Crippen LogP) is 5.42. The van der Waals surface area contributed by atoms with Crippen molar-refractivity contribution < 1.29 is 9.90 Å². The Morgan fingerprint density at radius 3 is 2.23 bits per heavy atom. The molecule has 0 bridgehead atoms. The fourth-order valence-corrected chi connectivity index (χ4v) is 3.53. The van der Waals surface area contributed by atoms with Gasteiger partial charge in [-0.2, -0.15) is 0 Å². The normalized spacial score (nSPS) is 12.3. The Labute approximate surface area is 175 Å². The van der Waals surface area contributed by atoms with Gasteiger partial charge in [-0.15, -0.1) is 0 Å². The second kappa shape index (κ2) is 8.72. The third-order valence-electron chi connectivity index (χ3n) is 5.04. The summed E-state index contributed by atoms with van der Waals surface area (Å²) in [5, 5.41) is 13.4. The standard InChI is InChI=1S/C26H22N2O2/c1-27-25(26(29)30)24-17-21(20-10-6-3-7-11-20)22-16-19(14-15-23(22)28-24)13-12-18-8-4-2-5-9-18/h2-17,25,27H,1H3,(H,29,30)/b13-12+. The molecule has 4 heteroatoms. The largest absolute Gasteiger partial charge is 0.480 e. The van der Waals surface area contributed by atoms with Gasteiger partial charge >= 0.3 is 5.97 Å². The van der Waals surface area contributed by atoms with E-state index in [4.69, 9.17) is 0 Å². The van der Waals surface area contributed by atoms with Gasteiger partial charge in [0, 0.05) is 5.39 Å². The Bertz CT molecular complexity index is 1200. The summed E-state index contributed by atoms with van der Waals surface area (Å²) in [6, 6.07) is 27.2. The van der Waals surface area contributed by atoms with E-state index in [-0.39, 0.29) is 0 Å². The summed E-state index contributed by atoms with van der Waals surface area (Å²) < 4.78 is 0. The average molecular weight is 394 g/mol. The van der Waals surface area contributed by atoms with Crippen LogP contribution < -0.4 is 5.32 Å². The van der Waals surface area contributed by atoms with E-state index in [0.717, 1.165) is 33.2 Å². The molecule has 0 spiro atoms. The number of rotatable bonds is 6. The van der Waals surface area contributed by atoms with Crippen molar-refractivity contribution in [1.29, 1.82) is 0 Å². The maximum Gasteiger partial charge on any atom is 0.326 e. The smallest absolute Gasteiger partial charge is 0.326 e. The first-order valence-electron chi connectivity index (χ1n) is 9.79. The molecule has 1 heterocycles. The van der Waals surface area contributed by atoms with Gasteiger partial charge in [0.15, 0.2) is 0 Å². The zero-order valence-corrected chi connectivity index (χ0v) is 16.6. The number of carboxylic acids is 1. The van der Waals surface area contributed by atoms with Gasteiger partial charge in [0.2, 0.25) is 0 Å². The molecule has 0 fully saturated rings. The molecule has 1 aromatic heterocycles. The molecular weight excluding hydrogens is 372 g/mol. The number of carboxylic acid groups (broad SMARTS) is 1. The topological polar surface area (TPSA) is 62.2 Å². The first-order valence-corrected chi connectivity index (χ1v) is 9.79. The third-order valence-corrected chi connectivity index (χ3v) is 5.04. The van der Waals surface area contributed by atoms with Crippen LogP contribution in [-0.4, -0.2) is 23.1 Å². The molecule has 4 nitrogen and oxygen atoms in total. The Morgan fingerprint density at radius 2 is 1.57 bits per heavy atom. The van der Waals surface area contributed by atoms with Crippen molar-refractivity contribution in [3.8, 4) is 11.1 Å². The number of aliphatic carboxylic acids is 1. The second-order valence-corrected chi connectivity index (χ2v) is 7.04. The maximum atomic E-state index is 11.7. The molecule has 0 saturated heterocycles. The lowest BCUT2D eigenvalue weighted by molar-refractivity contribution is -0.139. The summed E-state index contributed by atoms with van der Waals surface area (Å²) in [5.41, 5.74) is 5.44. The molecule has 30 heavy (non-hydrogen) atoms. The van der Waals surface area contributed by atoms with Crippen LogP contribution >= 0.6 is 0 Å². The van der Waals surface area contributed by atoms with Crippen LogP contribution in [0.25, 0.3) is 34.2 Å². The number of benzene rings is 3. The number of hydrogen-bond acceptors (Lipinski definition) is 3. The maximum absolute atomic E-state index is 11.7. The van der Waals surface area contributed by atoms with Crippen LogP contribution in [-0.2, 0) is 4.79 Å². The molecule has 3 aromatic carbocycles. The Balaban J connectivity index is 1.86. The predicted molar refractivity (Wildman–Crippen MR) is 122 cm³/mol. The van der Waals surface area contributed by atoms with Crippen LogP contribution in [0.4, 0.5) is 0 Å². The van der Waals surface area contributed by atoms with Crippen LogP contribution in [0.1, 0.15) is 22.9 Å². The Hall–Kier alpha value is -3.76. The van der Waals surface area contributed by atoms with Gasteiger partial charge in [-0.1, -0.05) is 78.9 Å². The average Bonchev–Trinajstić information content (AvgIpc) is 2.78. The number of likely N-dealkylation sites (N-methyl/N-ethyl adjacent to an activating group) is 1. The number of fused-ring (bicyclic) bond motifs is 1. The highest BCUT2D eigenvalue weighted by Crippen LogP contribution is 2.31.